The van der Waals surface area contributed by atoms with E-state index < -0.39 is 0 Å². The number of rotatable bonds is 7. The Bertz CT molecular complexity index is 1240. The van der Waals surface area contributed by atoms with Crippen LogP contribution in [0, 0.1) is 0 Å². The van der Waals surface area contributed by atoms with Crippen molar-refractivity contribution < 1.29 is 19.0 Å². The first kappa shape index (κ1) is 24.6. The number of thiophene rings is 1. The smallest absolute Gasteiger partial charge is 0.254 e. The number of hydrogen-bond donors (Lipinski definition) is 0. The van der Waals surface area contributed by atoms with Gasteiger partial charge in [-0.2, -0.15) is 0 Å². The van der Waals surface area contributed by atoms with Crippen LogP contribution in [0.15, 0.2) is 12.1 Å². The molecule has 2 aliphatic rings. The summed E-state index contributed by atoms with van der Waals surface area (Å²) < 4.78 is 16.3. The summed E-state index contributed by atoms with van der Waals surface area (Å²) in [5.74, 6) is 3.38. The van der Waals surface area contributed by atoms with Gasteiger partial charge in [-0.15, -0.1) is 11.3 Å². The molecule has 2 aromatic heterocycles. The van der Waals surface area contributed by atoms with Crippen LogP contribution in [0.3, 0.4) is 0 Å². The summed E-state index contributed by atoms with van der Waals surface area (Å²) in [6.45, 7) is 4.88. The summed E-state index contributed by atoms with van der Waals surface area (Å²) in [6.07, 6.45) is 6.64. The van der Waals surface area contributed by atoms with Crippen molar-refractivity contribution in [2.24, 2.45) is 0 Å². The Balaban J connectivity index is 1.40. The van der Waals surface area contributed by atoms with Gasteiger partial charge in [-0.3, -0.25) is 4.79 Å². The third kappa shape index (κ3) is 4.45. The minimum absolute atomic E-state index is 0.0404. The Morgan fingerprint density at radius 3 is 2.31 bits per heavy atom. The van der Waals surface area contributed by atoms with Gasteiger partial charge in [0.05, 0.1) is 26.7 Å². The zero-order chi connectivity index (χ0) is 25.2. The predicted molar refractivity (Wildman–Crippen MR) is 142 cm³/mol. The number of nitrogens with zero attached hydrogens (tertiary/aromatic N) is 4. The van der Waals surface area contributed by atoms with E-state index in [9.17, 15) is 4.79 Å². The third-order valence-corrected chi connectivity index (χ3v) is 8.28. The average Bonchev–Trinajstić information content (AvgIpc) is 3.30. The van der Waals surface area contributed by atoms with Crippen LogP contribution in [0.5, 0.6) is 17.2 Å². The van der Waals surface area contributed by atoms with E-state index in [0.717, 1.165) is 55.2 Å². The number of hydrogen-bond acceptors (Lipinski definition) is 8. The Kier molecular flexibility index (Phi) is 7.18. The van der Waals surface area contributed by atoms with E-state index in [1.54, 1.807) is 33.5 Å². The Morgan fingerprint density at radius 1 is 0.972 bits per heavy atom. The van der Waals surface area contributed by atoms with Crippen LogP contribution in [-0.4, -0.2) is 68.3 Å². The molecule has 1 aromatic carbocycles. The van der Waals surface area contributed by atoms with E-state index in [1.165, 1.54) is 28.7 Å². The van der Waals surface area contributed by atoms with Gasteiger partial charge >= 0.3 is 0 Å². The molecular formula is C27H34N4O4S. The van der Waals surface area contributed by atoms with Gasteiger partial charge in [0, 0.05) is 43.0 Å². The number of carbonyl (C=O) groups excluding carboxylic acids is 1. The fourth-order valence-electron chi connectivity index (χ4n) is 5.25. The molecule has 36 heavy (non-hydrogen) atoms. The first-order valence-corrected chi connectivity index (χ1v) is 13.5. The summed E-state index contributed by atoms with van der Waals surface area (Å²) in [5.41, 5.74) is 1.98. The van der Waals surface area contributed by atoms with Crippen molar-refractivity contribution in [1.82, 2.24) is 14.9 Å². The van der Waals surface area contributed by atoms with Crippen molar-refractivity contribution in [2.75, 3.05) is 52.4 Å². The summed E-state index contributed by atoms with van der Waals surface area (Å²) in [7, 11) is 4.67. The van der Waals surface area contributed by atoms with E-state index in [-0.39, 0.29) is 5.91 Å². The number of fused-ring (bicyclic) bond motifs is 3. The van der Waals surface area contributed by atoms with Crippen LogP contribution in [0.1, 0.15) is 52.8 Å². The number of methoxy groups -OCH3 is 3. The van der Waals surface area contributed by atoms with Gasteiger partial charge in [-0.25, -0.2) is 9.97 Å². The molecule has 3 aromatic rings. The number of ether oxygens (including phenoxy) is 3. The first-order chi connectivity index (χ1) is 17.6. The summed E-state index contributed by atoms with van der Waals surface area (Å²) in [4.78, 5) is 30.3. The van der Waals surface area contributed by atoms with Crippen molar-refractivity contribution in [1.29, 1.82) is 0 Å². The lowest BCUT2D eigenvalue weighted by Gasteiger charge is -2.36. The SMILES string of the molecule is CCCc1nc(N2CCN(C(=O)c3cc(OC)c(OC)c(OC)c3)CC2)c2c3c(sc2n1)CCCC3. The van der Waals surface area contributed by atoms with Gasteiger partial charge in [0.2, 0.25) is 5.75 Å². The minimum Gasteiger partial charge on any atom is -0.493 e. The van der Waals surface area contributed by atoms with Crippen LogP contribution in [0.4, 0.5) is 5.82 Å². The molecule has 0 atom stereocenters. The molecule has 0 unspecified atom stereocenters. The summed E-state index contributed by atoms with van der Waals surface area (Å²) in [6, 6.07) is 3.44. The number of benzene rings is 1. The van der Waals surface area contributed by atoms with Crippen molar-refractivity contribution in [3.63, 3.8) is 0 Å². The molecule has 0 saturated carbocycles. The van der Waals surface area contributed by atoms with Crippen LogP contribution < -0.4 is 19.1 Å². The quantitative estimate of drug-likeness (QED) is 0.463. The van der Waals surface area contributed by atoms with Crippen molar-refractivity contribution >= 4 is 33.3 Å². The first-order valence-electron chi connectivity index (χ1n) is 12.7. The van der Waals surface area contributed by atoms with Gasteiger partial charge in [-0.05, 0) is 49.8 Å². The highest BCUT2D eigenvalue weighted by atomic mass is 32.1. The fourth-order valence-corrected chi connectivity index (χ4v) is 6.53. The maximum absolute atomic E-state index is 13.4. The lowest BCUT2D eigenvalue weighted by Crippen LogP contribution is -2.49. The lowest BCUT2D eigenvalue weighted by molar-refractivity contribution is 0.0745. The van der Waals surface area contributed by atoms with E-state index in [4.69, 9.17) is 24.2 Å². The van der Waals surface area contributed by atoms with Crippen molar-refractivity contribution in [3.8, 4) is 17.2 Å². The number of amides is 1. The molecule has 3 heterocycles. The average molecular weight is 511 g/mol. The molecular weight excluding hydrogens is 476 g/mol. The second-order valence-corrected chi connectivity index (χ2v) is 10.4. The highest BCUT2D eigenvalue weighted by molar-refractivity contribution is 7.19. The van der Waals surface area contributed by atoms with E-state index in [1.807, 2.05) is 16.2 Å². The number of aryl methyl sites for hydroxylation is 3. The van der Waals surface area contributed by atoms with Crippen LogP contribution in [0.2, 0.25) is 0 Å². The van der Waals surface area contributed by atoms with Gasteiger partial charge in [0.15, 0.2) is 11.5 Å². The predicted octanol–water partition coefficient (Wildman–Crippen LogP) is 4.51. The molecule has 0 spiro atoms. The number of piperazine rings is 1. The topological polar surface area (TPSA) is 77.0 Å². The molecule has 0 bridgehead atoms. The second-order valence-electron chi connectivity index (χ2n) is 9.30. The Hall–Kier alpha value is -3.07. The Morgan fingerprint density at radius 2 is 1.67 bits per heavy atom. The molecule has 1 saturated heterocycles. The maximum Gasteiger partial charge on any atom is 0.254 e. The zero-order valence-corrected chi connectivity index (χ0v) is 22.4. The highest BCUT2D eigenvalue weighted by Gasteiger charge is 2.28. The van der Waals surface area contributed by atoms with Gasteiger partial charge in [0.1, 0.15) is 16.5 Å². The molecule has 1 aliphatic carbocycles. The van der Waals surface area contributed by atoms with Gasteiger partial charge < -0.3 is 24.0 Å². The largest absolute Gasteiger partial charge is 0.493 e. The standard InChI is InChI=1S/C27H34N4O4S/c1-5-8-22-28-25(23-18-9-6-7-10-21(18)36-26(23)29-22)30-11-13-31(14-12-30)27(32)17-15-19(33-2)24(35-4)20(16-17)34-3/h15-16H,5-14H2,1-4H3. The van der Waals surface area contributed by atoms with Crippen molar-refractivity contribution in [2.45, 2.75) is 45.4 Å². The molecule has 1 aliphatic heterocycles. The van der Waals surface area contributed by atoms with Crippen LogP contribution >= 0.6 is 11.3 Å². The normalized spacial score (nSPS) is 15.7. The molecule has 9 heteroatoms. The monoisotopic (exact) mass is 510 g/mol. The molecule has 1 fully saturated rings. The van der Waals surface area contributed by atoms with E-state index >= 15 is 0 Å². The molecule has 0 radical (unpaired) electrons. The van der Waals surface area contributed by atoms with E-state index in [0.29, 0.717) is 35.9 Å². The number of aromatic nitrogens is 2. The van der Waals surface area contributed by atoms with E-state index in [2.05, 4.69) is 11.8 Å². The molecule has 1 amide bonds. The van der Waals surface area contributed by atoms with Crippen LogP contribution in [0.25, 0.3) is 10.2 Å². The molecule has 192 valence electrons. The summed E-state index contributed by atoms with van der Waals surface area (Å²) >= 11 is 1.85. The zero-order valence-electron chi connectivity index (χ0n) is 21.6. The van der Waals surface area contributed by atoms with Gasteiger partial charge in [0.25, 0.3) is 5.91 Å². The fraction of sp³-hybridized carbons (Fsp3) is 0.519. The Labute approximate surface area is 216 Å². The highest BCUT2D eigenvalue weighted by Crippen LogP contribution is 2.41. The molecule has 5 rings (SSSR count). The minimum atomic E-state index is -0.0404. The maximum atomic E-state index is 13.4. The number of anilines is 1. The van der Waals surface area contributed by atoms with Crippen molar-refractivity contribution in [3.05, 3.63) is 34.0 Å². The lowest BCUT2D eigenvalue weighted by atomic mass is 9.97. The molecule has 0 N–H and O–H groups in total. The van der Waals surface area contributed by atoms with Gasteiger partial charge in [-0.1, -0.05) is 6.92 Å². The molecule has 8 nitrogen and oxygen atoms in total. The third-order valence-electron chi connectivity index (χ3n) is 7.09. The number of carbonyl (C=O) groups is 1. The van der Waals surface area contributed by atoms with Crippen LogP contribution in [-0.2, 0) is 19.3 Å². The second kappa shape index (κ2) is 10.5. The summed E-state index contributed by atoms with van der Waals surface area (Å²) in [5, 5.41) is 1.25.